The molecule has 116 valence electrons. The number of nitrogens with zero attached hydrogens (tertiary/aromatic N) is 1. The lowest BCUT2D eigenvalue weighted by Gasteiger charge is -2.54. The van der Waals surface area contributed by atoms with Crippen LogP contribution < -0.4 is 0 Å². The number of rotatable bonds is 3. The average molecular weight is 287 g/mol. The fraction of sp³-hybridized carbons (Fsp3) is 0.857. The molecule has 0 aliphatic carbocycles. The third-order valence-electron chi connectivity index (χ3n) is 4.37. The van der Waals surface area contributed by atoms with Gasteiger partial charge in [0.1, 0.15) is 0 Å². The molecule has 1 aliphatic heterocycles. The number of aliphatic hydroxyl groups is 1. The molecule has 1 saturated heterocycles. The van der Waals surface area contributed by atoms with Crippen molar-refractivity contribution in [3.05, 3.63) is 0 Å². The molecule has 0 aromatic heterocycles. The van der Waals surface area contributed by atoms with Gasteiger partial charge in [-0.05, 0) is 24.7 Å². The molecule has 0 bridgehead atoms. The molecule has 20 heavy (non-hydrogen) atoms. The number of hydrogen-bond donors (Lipinski definition) is 2. The van der Waals surface area contributed by atoms with E-state index in [1.165, 1.54) is 12.0 Å². The van der Waals surface area contributed by atoms with Crippen LogP contribution in [0.25, 0.3) is 0 Å². The van der Waals surface area contributed by atoms with Crippen molar-refractivity contribution in [2.45, 2.75) is 58.1 Å². The fourth-order valence-corrected chi connectivity index (χ4v) is 3.11. The van der Waals surface area contributed by atoms with Crippen LogP contribution in [-0.2, 0) is 9.53 Å². The summed E-state index contributed by atoms with van der Waals surface area (Å²) in [7, 11) is 1.32. The number of esters is 1. The van der Waals surface area contributed by atoms with Gasteiger partial charge in [0.05, 0.1) is 18.8 Å². The van der Waals surface area contributed by atoms with Crippen LogP contribution in [0.4, 0.5) is 4.79 Å². The molecule has 0 aromatic rings. The molecule has 1 aliphatic rings. The van der Waals surface area contributed by atoms with Crippen LogP contribution in [-0.4, -0.2) is 52.5 Å². The van der Waals surface area contributed by atoms with Crippen LogP contribution in [0.3, 0.4) is 0 Å². The van der Waals surface area contributed by atoms with Crippen molar-refractivity contribution in [3.8, 4) is 0 Å². The number of likely N-dealkylation sites (tertiary alicyclic amines) is 1. The molecule has 0 radical (unpaired) electrons. The lowest BCUT2D eigenvalue weighted by molar-refractivity contribution is -0.143. The Labute approximate surface area is 119 Å². The van der Waals surface area contributed by atoms with Crippen LogP contribution >= 0.6 is 0 Å². The van der Waals surface area contributed by atoms with Gasteiger partial charge in [0, 0.05) is 13.0 Å². The maximum absolute atomic E-state index is 11.6. The number of methoxy groups -OCH3 is 1. The van der Waals surface area contributed by atoms with Gasteiger partial charge in [-0.1, -0.05) is 20.8 Å². The van der Waals surface area contributed by atoms with Crippen molar-refractivity contribution in [1.29, 1.82) is 0 Å². The van der Waals surface area contributed by atoms with E-state index >= 15 is 0 Å². The molecular weight excluding hydrogens is 262 g/mol. The van der Waals surface area contributed by atoms with Crippen LogP contribution in [0.15, 0.2) is 0 Å². The van der Waals surface area contributed by atoms with Gasteiger partial charge in [-0.2, -0.15) is 0 Å². The SMILES string of the molecule is COC(=O)CC[C@]1(C(C)(C)C)C[C@H](O)CCN1C(=O)O. The van der Waals surface area contributed by atoms with Crippen molar-refractivity contribution in [2.24, 2.45) is 5.41 Å². The maximum Gasteiger partial charge on any atom is 0.407 e. The Kier molecular flexibility index (Phi) is 5.02. The fourth-order valence-electron chi connectivity index (χ4n) is 3.11. The second-order valence-corrected chi connectivity index (χ2v) is 6.44. The highest BCUT2D eigenvalue weighted by Crippen LogP contribution is 2.45. The van der Waals surface area contributed by atoms with Crippen LogP contribution in [0.1, 0.15) is 46.5 Å². The molecule has 0 aromatic carbocycles. The first-order valence-electron chi connectivity index (χ1n) is 6.89. The third-order valence-corrected chi connectivity index (χ3v) is 4.37. The Balaban J connectivity index is 3.11. The molecule has 6 heteroatoms. The lowest BCUT2D eigenvalue weighted by atomic mass is 9.65. The molecule has 0 spiro atoms. The summed E-state index contributed by atoms with van der Waals surface area (Å²) in [5.74, 6) is -0.362. The summed E-state index contributed by atoms with van der Waals surface area (Å²) in [5, 5.41) is 19.5. The lowest BCUT2D eigenvalue weighted by Crippen LogP contribution is -2.63. The van der Waals surface area contributed by atoms with E-state index in [4.69, 9.17) is 0 Å². The van der Waals surface area contributed by atoms with Crippen molar-refractivity contribution >= 4 is 12.1 Å². The zero-order chi connectivity index (χ0) is 15.6. The molecule has 1 rings (SSSR count). The van der Waals surface area contributed by atoms with Crippen molar-refractivity contribution < 1.29 is 24.5 Å². The van der Waals surface area contributed by atoms with E-state index in [9.17, 15) is 19.8 Å². The highest BCUT2D eigenvalue weighted by molar-refractivity contribution is 5.70. The van der Waals surface area contributed by atoms with Gasteiger partial charge >= 0.3 is 12.1 Å². The van der Waals surface area contributed by atoms with Gasteiger partial charge in [0.25, 0.3) is 0 Å². The van der Waals surface area contributed by atoms with Gasteiger partial charge in [0.2, 0.25) is 0 Å². The third kappa shape index (κ3) is 3.23. The second-order valence-electron chi connectivity index (χ2n) is 6.44. The number of carboxylic acid groups (broad SMARTS) is 1. The monoisotopic (exact) mass is 287 g/mol. The maximum atomic E-state index is 11.6. The molecule has 1 heterocycles. The number of ether oxygens (including phenoxy) is 1. The number of hydrogen-bond acceptors (Lipinski definition) is 4. The largest absolute Gasteiger partial charge is 0.469 e. The summed E-state index contributed by atoms with van der Waals surface area (Å²) in [6.07, 6.45) is -0.266. The molecular formula is C14H25NO5. The number of carbonyl (C=O) groups excluding carboxylic acids is 1. The van der Waals surface area contributed by atoms with Crippen molar-refractivity contribution in [3.63, 3.8) is 0 Å². The standard InChI is InChI=1S/C14H25NO5/c1-13(2,3)14(7-5-11(17)20-4)9-10(16)6-8-15(14)12(18)19/h10,16H,5-9H2,1-4H3,(H,18,19)/t10-,14-/m1/s1. The molecule has 2 N–H and O–H groups in total. The molecule has 0 unspecified atom stereocenters. The molecule has 1 fully saturated rings. The van der Waals surface area contributed by atoms with Gasteiger partial charge in [-0.25, -0.2) is 4.79 Å². The number of carbonyl (C=O) groups is 2. The Morgan fingerprint density at radius 2 is 2.00 bits per heavy atom. The Hall–Kier alpha value is -1.30. The van der Waals surface area contributed by atoms with E-state index in [1.807, 2.05) is 20.8 Å². The van der Waals surface area contributed by atoms with E-state index in [-0.39, 0.29) is 24.3 Å². The zero-order valence-corrected chi connectivity index (χ0v) is 12.7. The van der Waals surface area contributed by atoms with Crippen LogP contribution in [0.2, 0.25) is 0 Å². The molecule has 0 saturated carbocycles. The summed E-state index contributed by atoms with van der Waals surface area (Å²) in [5.41, 5.74) is -1.15. The number of aliphatic hydroxyl groups excluding tert-OH is 1. The first-order valence-corrected chi connectivity index (χ1v) is 6.89. The predicted octanol–water partition coefficient (Wildman–Crippen LogP) is 1.86. The highest BCUT2D eigenvalue weighted by atomic mass is 16.5. The van der Waals surface area contributed by atoms with E-state index in [2.05, 4.69) is 4.74 Å². The van der Waals surface area contributed by atoms with E-state index in [1.54, 1.807) is 0 Å². The second kappa shape index (κ2) is 5.99. The minimum absolute atomic E-state index is 0.143. The summed E-state index contributed by atoms with van der Waals surface area (Å²) in [6.45, 7) is 6.11. The van der Waals surface area contributed by atoms with Gasteiger partial charge in [-0.15, -0.1) is 0 Å². The van der Waals surface area contributed by atoms with Gasteiger partial charge in [0.15, 0.2) is 0 Å². The average Bonchev–Trinajstić information content (AvgIpc) is 2.34. The van der Waals surface area contributed by atoms with Crippen LogP contribution in [0, 0.1) is 5.41 Å². The summed E-state index contributed by atoms with van der Waals surface area (Å²) >= 11 is 0. The highest BCUT2D eigenvalue weighted by Gasteiger charge is 2.52. The Morgan fingerprint density at radius 3 is 2.45 bits per heavy atom. The zero-order valence-electron chi connectivity index (χ0n) is 12.7. The Morgan fingerprint density at radius 1 is 1.40 bits per heavy atom. The first-order chi connectivity index (χ1) is 9.14. The molecule has 2 atom stereocenters. The predicted molar refractivity (Wildman–Crippen MR) is 73.4 cm³/mol. The minimum atomic E-state index is -1.00. The van der Waals surface area contributed by atoms with E-state index in [0.29, 0.717) is 19.3 Å². The van der Waals surface area contributed by atoms with Crippen LogP contribution in [0.5, 0.6) is 0 Å². The smallest absolute Gasteiger partial charge is 0.407 e. The minimum Gasteiger partial charge on any atom is -0.469 e. The number of piperidine rings is 1. The normalized spacial score (nSPS) is 27.2. The van der Waals surface area contributed by atoms with Gasteiger partial charge in [-0.3, -0.25) is 4.79 Å². The van der Waals surface area contributed by atoms with Crippen molar-refractivity contribution in [1.82, 2.24) is 4.90 Å². The van der Waals surface area contributed by atoms with E-state index in [0.717, 1.165) is 0 Å². The number of amides is 1. The van der Waals surface area contributed by atoms with Crippen molar-refractivity contribution in [2.75, 3.05) is 13.7 Å². The topological polar surface area (TPSA) is 87.1 Å². The van der Waals surface area contributed by atoms with E-state index < -0.39 is 17.7 Å². The molecule has 1 amide bonds. The quantitative estimate of drug-likeness (QED) is 0.774. The van der Waals surface area contributed by atoms with Gasteiger partial charge < -0.3 is 19.8 Å². The summed E-state index contributed by atoms with van der Waals surface area (Å²) in [4.78, 5) is 24.4. The first kappa shape index (κ1) is 16.8. The summed E-state index contributed by atoms with van der Waals surface area (Å²) < 4.78 is 4.65. The molecule has 6 nitrogen and oxygen atoms in total. The Bertz CT molecular complexity index is 376. The summed E-state index contributed by atoms with van der Waals surface area (Å²) in [6, 6.07) is 0.